The van der Waals surface area contributed by atoms with E-state index >= 15 is 0 Å². The number of hydrogen-bond acceptors (Lipinski definition) is 6. The van der Waals surface area contributed by atoms with Gasteiger partial charge in [0.2, 0.25) is 0 Å². The third-order valence-electron chi connectivity index (χ3n) is 5.08. The van der Waals surface area contributed by atoms with Crippen LogP contribution in [0.1, 0.15) is 39.7 Å². The number of ether oxygens (including phenoxy) is 1. The van der Waals surface area contributed by atoms with E-state index in [-0.39, 0.29) is 24.0 Å². The minimum Gasteiger partial charge on any atom is -0.496 e. The number of thiazole rings is 1. The van der Waals surface area contributed by atoms with Gasteiger partial charge in [0.15, 0.2) is 4.96 Å². The van der Waals surface area contributed by atoms with Crippen molar-refractivity contribution in [2.75, 3.05) is 13.7 Å². The van der Waals surface area contributed by atoms with Crippen LogP contribution >= 0.6 is 11.3 Å². The summed E-state index contributed by atoms with van der Waals surface area (Å²) in [5.41, 5.74) is 2.90. The normalized spacial score (nSPS) is 18.4. The Labute approximate surface area is 160 Å². The Bertz CT molecular complexity index is 1130. The van der Waals surface area contributed by atoms with Crippen molar-refractivity contribution in [1.82, 2.24) is 9.38 Å². The second-order valence-corrected chi connectivity index (χ2v) is 8.03. The molecule has 2 heterocycles. The second-order valence-electron chi connectivity index (χ2n) is 6.85. The summed E-state index contributed by atoms with van der Waals surface area (Å²) in [5.74, 6) is 1.15. The second kappa shape index (κ2) is 6.80. The van der Waals surface area contributed by atoms with E-state index < -0.39 is 0 Å². The first-order chi connectivity index (χ1) is 13.0. The Morgan fingerprint density at radius 2 is 2.26 bits per heavy atom. The summed E-state index contributed by atoms with van der Waals surface area (Å²) in [6.45, 7) is 2.15. The zero-order valence-corrected chi connectivity index (χ0v) is 15.9. The van der Waals surface area contributed by atoms with Crippen LogP contribution < -0.4 is 10.3 Å². The Morgan fingerprint density at radius 3 is 2.93 bits per heavy atom. The Hall–Kier alpha value is -2.69. The maximum atomic E-state index is 12.8. The fraction of sp³-hybridized carbons (Fsp3) is 0.350. The standard InChI is InChI=1S/C20H19N3O3S/c1-11-19(16-7-14(16)10-24)23-18(25)8-15(22-20(23)27-11)6-13-5-12(9-21)3-4-17(13)26-2/h3-5,8,14,16,24H,6-7,10H2,1-2H3. The number of aryl methyl sites for hydroxylation is 1. The van der Waals surface area contributed by atoms with E-state index in [1.54, 1.807) is 35.8 Å². The number of aliphatic hydroxyl groups excluding tert-OH is 1. The van der Waals surface area contributed by atoms with E-state index in [1.165, 1.54) is 11.3 Å². The van der Waals surface area contributed by atoms with Gasteiger partial charge in [-0.1, -0.05) is 0 Å². The lowest BCUT2D eigenvalue weighted by atomic mass is 10.1. The summed E-state index contributed by atoms with van der Waals surface area (Å²) in [4.78, 5) is 19.2. The first kappa shape index (κ1) is 17.7. The SMILES string of the molecule is COc1ccc(C#N)cc1Cc1cc(=O)n2c(C3CC3CO)c(C)sc2n1. The molecule has 0 radical (unpaired) electrons. The van der Waals surface area contributed by atoms with Crippen molar-refractivity contribution >= 4 is 16.3 Å². The van der Waals surface area contributed by atoms with E-state index in [4.69, 9.17) is 10.00 Å². The van der Waals surface area contributed by atoms with Gasteiger partial charge in [-0.25, -0.2) is 4.98 Å². The molecule has 2 aromatic heterocycles. The van der Waals surface area contributed by atoms with Crippen LogP contribution in [-0.2, 0) is 6.42 Å². The average molecular weight is 381 g/mol. The molecule has 0 bridgehead atoms. The number of nitrogens with zero attached hydrogens (tertiary/aromatic N) is 3. The van der Waals surface area contributed by atoms with Crippen LogP contribution in [0.3, 0.4) is 0 Å². The van der Waals surface area contributed by atoms with Gasteiger partial charge >= 0.3 is 0 Å². The van der Waals surface area contributed by atoms with E-state index in [1.807, 2.05) is 6.92 Å². The average Bonchev–Trinajstić information content (AvgIpc) is 3.36. The molecule has 2 unspecified atom stereocenters. The first-order valence-corrected chi connectivity index (χ1v) is 9.57. The van der Waals surface area contributed by atoms with Gasteiger partial charge in [-0.15, -0.1) is 11.3 Å². The van der Waals surface area contributed by atoms with Crippen LogP contribution in [0, 0.1) is 24.2 Å². The molecule has 1 fully saturated rings. The zero-order chi connectivity index (χ0) is 19.1. The molecule has 1 N–H and O–H groups in total. The number of aromatic nitrogens is 2. The van der Waals surface area contributed by atoms with E-state index in [2.05, 4.69) is 11.1 Å². The summed E-state index contributed by atoms with van der Waals surface area (Å²) in [6, 6.07) is 8.91. The van der Waals surface area contributed by atoms with Crippen molar-refractivity contribution in [1.29, 1.82) is 5.26 Å². The number of benzene rings is 1. The fourth-order valence-electron chi connectivity index (χ4n) is 3.63. The van der Waals surface area contributed by atoms with E-state index in [9.17, 15) is 9.90 Å². The molecule has 0 saturated heterocycles. The molecular formula is C20H19N3O3S. The minimum absolute atomic E-state index is 0.103. The van der Waals surface area contributed by atoms with Gasteiger partial charge in [0.25, 0.3) is 5.56 Å². The number of rotatable bonds is 5. The van der Waals surface area contributed by atoms with Gasteiger partial charge in [-0.3, -0.25) is 9.20 Å². The maximum Gasteiger partial charge on any atom is 0.258 e. The molecule has 27 heavy (non-hydrogen) atoms. The third-order valence-corrected chi connectivity index (χ3v) is 6.05. The molecule has 1 aromatic carbocycles. The summed E-state index contributed by atoms with van der Waals surface area (Å²) in [5, 5.41) is 18.5. The van der Waals surface area contributed by atoms with Crippen molar-refractivity contribution in [3.05, 3.63) is 62.0 Å². The topological polar surface area (TPSA) is 87.6 Å². The predicted molar refractivity (Wildman–Crippen MR) is 103 cm³/mol. The molecule has 1 saturated carbocycles. The highest BCUT2D eigenvalue weighted by atomic mass is 32.1. The van der Waals surface area contributed by atoms with Crippen LogP contribution in [0.25, 0.3) is 4.96 Å². The van der Waals surface area contributed by atoms with Gasteiger partial charge in [0, 0.05) is 41.1 Å². The molecule has 4 rings (SSSR count). The molecule has 1 aliphatic carbocycles. The quantitative estimate of drug-likeness (QED) is 0.734. The van der Waals surface area contributed by atoms with Gasteiger partial charge < -0.3 is 9.84 Å². The van der Waals surface area contributed by atoms with Crippen LogP contribution in [-0.4, -0.2) is 28.2 Å². The molecule has 2 atom stereocenters. The highest BCUT2D eigenvalue weighted by Gasteiger charge is 2.41. The molecule has 1 aliphatic rings. The summed E-state index contributed by atoms with van der Waals surface area (Å²) in [6.07, 6.45) is 1.33. The molecule has 7 heteroatoms. The van der Waals surface area contributed by atoms with Crippen LogP contribution in [0.15, 0.2) is 29.1 Å². The highest BCUT2D eigenvalue weighted by Crippen LogP contribution is 2.49. The van der Waals surface area contributed by atoms with E-state index in [0.29, 0.717) is 28.4 Å². The lowest BCUT2D eigenvalue weighted by molar-refractivity contribution is 0.273. The van der Waals surface area contributed by atoms with Crippen molar-refractivity contribution in [3.63, 3.8) is 0 Å². The number of fused-ring (bicyclic) bond motifs is 1. The Kier molecular flexibility index (Phi) is 4.46. The first-order valence-electron chi connectivity index (χ1n) is 8.75. The zero-order valence-electron chi connectivity index (χ0n) is 15.1. The largest absolute Gasteiger partial charge is 0.496 e. The molecule has 0 amide bonds. The van der Waals surface area contributed by atoms with Crippen molar-refractivity contribution < 1.29 is 9.84 Å². The predicted octanol–water partition coefficient (Wildman–Crippen LogP) is 2.63. The monoisotopic (exact) mass is 381 g/mol. The lowest BCUT2D eigenvalue weighted by Gasteiger charge is -2.09. The van der Waals surface area contributed by atoms with Crippen molar-refractivity contribution in [2.45, 2.75) is 25.7 Å². The van der Waals surface area contributed by atoms with Crippen molar-refractivity contribution in [3.8, 4) is 11.8 Å². The fourth-order valence-corrected chi connectivity index (χ4v) is 4.69. The molecular weight excluding hydrogens is 362 g/mol. The Balaban J connectivity index is 1.75. The molecule has 138 valence electrons. The van der Waals surface area contributed by atoms with Crippen LogP contribution in [0.5, 0.6) is 5.75 Å². The highest BCUT2D eigenvalue weighted by molar-refractivity contribution is 7.17. The van der Waals surface area contributed by atoms with Gasteiger partial charge in [0.05, 0.1) is 24.4 Å². The Morgan fingerprint density at radius 1 is 1.44 bits per heavy atom. The third kappa shape index (κ3) is 3.11. The number of hydrogen-bond donors (Lipinski definition) is 1. The number of aliphatic hydroxyl groups is 1. The summed E-state index contributed by atoms with van der Waals surface area (Å²) >= 11 is 1.50. The van der Waals surface area contributed by atoms with Gasteiger partial charge in [-0.2, -0.15) is 5.26 Å². The van der Waals surface area contributed by atoms with Gasteiger partial charge in [0.1, 0.15) is 5.75 Å². The minimum atomic E-state index is -0.103. The lowest BCUT2D eigenvalue weighted by Crippen LogP contribution is -2.17. The molecule has 6 nitrogen and oxygen atoms in total. The van der Waals surface area contributed by atoms with Gasteiger partial charge in [-0.05, 0) is 37.5 Å². The summed E-state index contributed by atoms with van der Waals surface area (Å²) in [7, 11) is 1.58. The maximum absolute atomic E-state index is 12.8. The summed E-state index contributed by atoms with van der Waals surface area (Å²) < 4.78 is 7.07. The molecule has 0 spiro atoms. The number of methoxy groups -OCH3 is 1. The van der Waals surface area contributed by atoms with E-state index in [0.717, 1.165) is 22.6 Å². The molecule has 0 aliphatic heterocycles. The number of nitriles is 1. The molecule has 3 aromatic rings. The smallest absolute Gasteiger partial charge is 0.258 e. The van der Waals surface area contributed by atoms with Crippen molar-refractivity contribution in [2.24, 2.45) is 5.92 Å². The van der Waals surface area contributed by atoms with Crippen LogP contribution in [0.2, 0.25) is 0 Å². The van der Waals surface area contributed by atoms with Crippen LogP contribution in [0.4, 0.5) is 0 Å².